The maximum Gasteiger partial charge on any atom is 0.518 e. The molecular formula is C22H49NO3Si. The summed E-state index contributed by atoms with van der Waals surface area (Å²) in [6.07, 6.45) is 14.5. The molecular weight excluding hydrogens is 354 g/mol. The summed E-state index contributed by atoms with van der Waals surface area (Å²) in [4.78, 5) is 2.20. The molecule has 0 bridgehead atoms. The predicted molar refractivity (Wildman–Crippen MR) is 119 cm³/mol. The molecule has 0 heterocycles. The highest BCUT2D eigenvalue weighted by molar-refractivity contribution is 6.62. The molecule has 0 spiro atoms. The molecule has 0 rings (SSSR count). The third-order valence-electron chi connectivity index (χ3n) is 5.19. The van der Waals surface area contributed by atoms with Gasteiger partial charge in [-0.3, -0.25) is 0 Å². The lowest BCUT2D eigenvalue weighted by Gasteiger charge is -2.37. The average Bonchev–Trinajstić information content (AvgIpc) is 2.66. The van der Waals surface area contributed by atoms with Crippen molar-refractivity contribution in [2.75, 3.05) is 33.9 Å². The maximum absolute atomic E-state index is 6.47. The first-order valence-electron chi connectivity index (χ1n) is 11.6. The van der Waals surface area contributed by atoms with Gasteiger partial charge in [-0.05, 0) is 40.3 Å². The highest BCUT2D eigenvalue weighted by Crippen LogP contribution is 2.21. The monoisotopic (exact) mass is 403 g/mol. The van der Waals surface area contributed by atoms with Gasteiger partial charge < -0.3 is 18.2 Å². The summed E-state index contributed by atoms with van der Waals surface area (Å²) in [6.45, 7) is 11.2. The van der Waals surface area contributed by atoms with Crippen LogP contribution in [0.4, 0.5) is 0 Å². The van der Waals surface area contributed by atoms with Crippen LogP contribution in [0.15, 0.2) is 0 Å². The van der Waals surface area contributed by atoms with Gasteiger partial charge in [-0.25, -0.2) is 0 Å². The van der Waals surface area contributed by atoms with Gasteiger partial charge in [-0.1, -0.05) is 78.6 Å². The van der Waals surface area contributed by atoms with Crippen LogP contribution in [0.3, 0.4) is 0 Å². The molecule has 0 fully saturated rings. The zero-order valence-corrected chi connectivity index (χ0v) is 20.4. The standard InChI is InChI=1S/C22H49NO3Si/c1-7-10-13-16-19-24-27(22(4)23(5)6,25-20-17-14-11-8-2)26-21-18-15-12-9-3/h22H,7-21H2,1-6H3. The normalized spacial score (nSPS) is 13.4. The van der Waals surface area contributed by atoms with E-state index in [0.29, 0.717) is 0 Å². The van der Waals surface area contributed by atoms with Gasteiger partial charge in [0.1, 0.15) is 0 Å². The largest absolute Gasteiger partial charge is 0.518 e. The topological polar surface area (TPSA) is 30.9 Å². The summed E-state index contributed by atoms with van der Waals surface area (Å²) >= 11 is 0. The van der Waals surface area contributed by atoms with Gasteiger partial charge in [-0.2, -0.15) is 0 Å². The first-order valence-corrected chi connectivity index (χ1v) is 13.4. The fourth-order valence-corrected chi connectivity index (χ4v) is 5.93. The van der Waals surface area contributed by atoms with Gasteiger partial charge in [0, 0.05) is 19.8 Å². The highest BCUT2D eigenvalue weighted by Gasteiger charge is 2.48. The van der Waals surface area contributed by atoms with Crippen molar-refractivity contribution in [2.24, 2.45) is 0 Å². The fourth-order valence-electron chi connectivity index (χ4n) is 3.03. The molecule has 0 amide bonds. The molecule has 5 heteroatoms. The first-order chi connectivity index (χ1) is 13.0. The molecule has 0 aliphatic heterocycles. The average molecular weight is 404 g/mol. The summed E-state index contributed by atoms with van der Waals surface area (Å²) < 4.78 is 19.4. The quantitative estimate of drug-likeness (QED) is 0.179. The Morgan fingerprint density at radius 1 is 0.593 bits per heavy atom. The van der Waals surface area contributed by atoms with Crippen molar-refractivity contribution in [1.29, 1.82) is 0 Å². The van der Waals surface area contributed by atoms with E-state index in [2.05, 4.69) is 46.7 Å². The Balaban J connectivity index is 4.83. The zero-order valence-electron chi connectivity index (χ0n) is 19.4. The van der Waals surface area contributed by atoms with Gasteiger partial charge >= 0.3 is 8.80 Å². The summed E-state index contributed by atoms with van der Waals surface area (Å²) in [6, 6.07) is 0. The third-order valence-corrected chi connectivity index (χ3v) is 8.55. The van der Waals surface area contributed by atoms with E-state index in [-0.39, 0.29) is 5.67 Å². The van der Waals surface area contributed by atoms with Crippen molar-refractivity contribution in [2.45, 2.75) is 110 Å². The first kappa shape index (κ1) is 27.1. The van der Waals surface area contributed by atoms with Crippen LogP contribution in [0, 0.1) is 0 Å². The summed E-state index contributed by atoms with van der Waals surface area (Å²) in [5.41, 5.74) is 0.182. The minimum Gasteiger partial charge on any atom is -0.373 e. The minimum atomic E-state index is -2.72. The van der Waals surface area contributed by atoms with Crippen molar-refractivity contribution in [3.63, 3.8) is 0 Å². The second-order valence-electron chi connectivity index (χ2n) is 7.97. The Morgan fingerprint density at radius 2 is 0.926 bits per heavy atom. The SMILES string of the molecule is CCCCCCO[Si](OCCCCCC)(OCCCCCC)C(C)N(C)C. The molecule has 27 heavy (non-hydrogen) atoms. The van der Waals surface area contributed by atoms with Gasteiger partial charge in [-0.15, -0.1) is 0 Å². The smallest absolute Gasteiger partial charge is 0.373 e. The van der Waals surface area contributed by atoms with Crippen LogP contribution in [-0.2, 0) is 13.3 Å². The van der Waals surface area contributed by atoms with E-state index in [1.165, 1.54) is 57.8 Å². The lowest BCUT2D eigenvalue weighted by atomic mass is 10.2. The Morgan fingerprint density at radius 3 is 1.19 bits per heavy atom. The van der Waals surface area contributed by atoms with Gasteiger partial charge in [0.2, 0.25) is 0 Å². The van der Waals surface area contributed by atoms with Crippen molar-refractivity contribution in [3.05, 3.63) is 0 Å². The Hall–Kier alpha value is 0.0569. The van der Waals surface area contributed by atoms with E-state index in [0.717, 1.165) is 39.1 Å². The molecule has 4 nitrogen and oxygen atoms in total. The second-order valence-corrected chi connectivity index (χ2v) is 10.9. The molecule has 0 N–H and O–H groups in total. The van der Waals surface area contributed by atoms with E-state index in [9.17, 15) is 0 Å². The molecule has 1 unspecified atom stereocenters. The van der Waals surface area contributed by atoms with Gasteiger partial charge in [0.05, 0.1) is 5.67 Å². The Labute approximate surface area is 171 Å². The molecule has 1 atom stereocenters. The molecule has 164 valence electrons. The van der Waals surface area contributed by atoms with Gasteiger partial charge in [0.15, 0.2) is 0 Å². The van der Waals surface area contributed by atoms with Crippen LogP contribution < -0.4 is 0 Å². The van der Waals surface area contributed by atoms with E-state index in [1.807, 2.05) is 0 Å². The fraction of sp³-hybridized carbons (Fsp3) is 1.00. The second kappa shape index (κ2) is 18.1. The predicted octanol–water partition coefficient (Wildman–Crippen LogP) is 6.21. The summed E-state index contributed by atoms with van der Waals surface area (Å²) in [5, 5.41) is 0. The molecule has 0 aromatic heterocycles. The van der Waals surface area contributed by atoms with Crippen molar-refractivity contribution in [3.8, 4) is 0 Å². The van der Waals surface area contributed by atoms with E-state index >= 15 is 0 Å². The van der Waals surface area contributed by atoms with Gasteiger partial charge in [0.25, 0.3) is 0 Å². The van der Waals surface area contributed by atoms with Crippen LogP contribution in [-0.4, -0.2) is 53.3 Å². The molecule has 0 aliphatic rings. The van der Waals surface area contributed by atoms with Crippen LogP contribution in [0.25, 0.3) is 0 Å². The molecule has 0 aromatic rings. The Bertz CT molecular complexity index is 280. The van der Waals surface area contributed by atoms with Crippen molar-refractivity contribution in [1.82, 2.24) is 4.90 Å². The zero-order chi connectivity index (χ0) is 20.4. The molecule has 0 saturated carbocycles. The maximum atomic E-state index is 6.47. The van der Waals surface area contributed by atoms with Crippen molar-refractivity contribution >= 4 is 8.80 Å². The van der Waals surface area contributed by atoms with E-state index in [1.54, 1.807) is 0 Å². The lowest BCUT2D eigenvalue weighted by Crippen LogP contribution is -2.60. The third kappa shape index (κ3) is 13.0. The number of rotatable bonds is 20. The number of nitrogens with zero attached hydrogens (tertiary/aromatic N) is 1. The van der Waals surface area contributed by atoms with E-state index < -0.39 is 8.80 Å². The number of hydrogen-bond donors (Lipinski definition) is 0. The van der Waals surface area contributed by atoms with Crippen molar-refractivity contribution < 1.29 is 13.3 Å². The highest BCUT2D eigenvalue weighted by atomic mass is 28.4. The van der Waals surface area contributed by atoms with Crippen LogP contribution in [0.1, 0.15) is 105 Å². The van der Waals surface area contributed by atoms with Crippen LogP contribution in [0.5, 0.6) is 0 Å². The molecule has 0 aliphatic carbocycles. The van der Waals surface area contributed by atoms with E-state index in [4.69, 9.17) is 13.3 Å². The number of unbranched alkanes of at least 4 members (excludes halogenated alkanes) is 9. The number of hydrogen-bond acceptors (Lipinski definition) is 4. The lowest BCUT2D eigenvalue weighted by molar-refractivity contribution is 0.0330. The Kier molecular flexibility index (Phi) is 18.1. The molecule has 0 saturated heterocycles. The van der Waals surface area contributed by atoms with Crippen LogP contribution >= 0.6 is 0 Å². The summed E-state index contributed by atoms with van der Waals surface area (Å²) in [5.74, 6) is 0. The van der Waals surface area contributed by atoms with Crippen LogP contribution in [0.2, 0.25) is 0 Å². The molecule has 0 radical (unpaired) electrons. The summed E-state index contributed by atoms with van der Waals surface area (Å²) in [7, 11) is 1.49. The minimum absolute atomic E-state index is 0.182. The molecule has 0 aromatic carbocycles.